The molecule has 24 heavy (non-hydrogen) atoms. The van der Waals surface area contributed by atoms with Crippen LogP contribution in [0, 0.1) is 0 Å². The zero-order chi connectivity index (χ0) is 17.5. The molecule has 0 bridgehead atoms. The Hall–Kier alpha value is -1.82. The molecule has 0 aliphatic rings. The number of rotatable bonds is 6. The average molecular weight is 367 g/mol. The molecule has 0 saturated heterocycles. The van der Waals surface area contributed by atoms with E-state index in [2.05, 4.69) is 10.3 Å². The molecule has 2 amide bonds. The van der Waals surface area contributed by atoms with E-state index in [0.717, 1.165) is 12.1 Å². The van der Waals surface area contributed by atoms with Crippen LogP contribution in [0.25, 0.3) is 0 Å². The third-order valence-electron chi connectivity index (χ3n) is 3.37. The molecule has 0 saturated carbocycles. The summed E-state index contributed by atoms with van der Waals surface area (Å²) in [6.45, 7) is 1.79. The Balaban J connectivity index is 2.12. The number of anilines is 1. The standard InChI is InChI=1S/C17H20Cl2N4O/c1-22(2)8-9-23(12-13-4-3-7-20-11-13)17(24)21-16-10-14(18)5-6-15(16)19/h3-7,10-11H,8-9,12H2,1-2H3,(H,21,24). The summed E-state index contributed by atoms with van der Waals surface area (Å²) in [7, 11) is 3.93. The molecule has 0 aliphatic heterocycles. The van der Waals surface area contributed by atoms with E-state index in [0.29, 0.717) is 28.8 Å². The van der Waals surface area contributed by atoms with Gasteiger partial charge in [-0.25, -0.2) is 4.79 Å². The lowest BCUT2D eigenvalue weighted by Gasteiger charge is -2.25. The lowest BCUT2D eigenvalue weighted by Crippen LogP contribution is -2.39. The second kappa shape index (κ2) is 8.87. The molecule has 7 heteroatoms. The lowest BCUT2D eigenvalue weighted by molar-refractivity contribution is 0.202. The van der Waals surface area contributed by atoms with Gasteiger partial charge in [-0.1, -0.05) is 29.3 Å². The molecule has 0 spiro atoms. The highest BCUT2D eigenvalue weighted by Gasteiger charge is 2.16. The molecule has 2 rings (SSSR count). The summed E-state index contributed by atoms with van der Waals surface area (Å²) in [5.74, 6) is 0. The highest BCUT2D eigenvalue weighted by Crippen LogP contribution is 2.25. The topological polar surface area (TPSA) is 48.5 Å². The van der Waals surface area contributed by atoms with Gasteiger partial charge in [-0.15, -0.1) is 0 Å². The van der Waals surface area contributed by atoms with Gasteiger partial charge in [0.05, 0.1) is 10.7 Å². The van der Waals surface area contributed by atoms with Crippen LogP contribution < -0.4 is 5.32 Å². The summed E-state index contributed by atoms with van der Waals surface area (Å²) in [6, 6.07) is 8.53. The number of likely N-dealkylation sites (N-methyl/N-ethyl adjacent to an activating group) is 1. The van der Waals surface area contributed by atoms with Crippen LogP contribution in [0.4, 0.5) is 10.5 Å². The minimum Gasteiger partial charge on any atom is -0.319 e. The molecule has 0 aliphatic carbocycles. The lowest BCUT2D eigenvalue weighted by atomic mass is 10.2. The van der Waals surface area contributed by atoms with Crippen molar-refractivity contribution in [3.8, 4) is 0 Å². The third-order valence-corrected chi connectivity index (χ3v) is 3.94. The van der Waals surface area contributed by atoms with Gasteiger partial charge in [-0.2, -0.15) is 0 Å². The van der Waals surface area contributed by atoms with E-state index in [1.165, 1.54) is 0 Å². The third kappa shape index (κ3) is 5.67. The van der Waals surface area contributed by atoms with Crippen molar-refractivity contribution in [3.63, 3.8) is 0 Å². The van der Waals surface area contributed by atoms with Gasteiger partial charge in [0.2, 0.25) is 0 Å². The molecule has 128 valence electrons. The molecule has 2 aromatic rings. The van der Waals surface area contributed by atoms with Crippen LogP contribution in [0.15, 0.2) is 42.7 Å². The number of halogens is 2. The molecule has 0 radical (unpaired) electrons. The summed E-state index contributed by atoms with van der Waals surface area (Å²) in [5.41, 5.74) is 1.46. The van der Waals surface area contributed by atoms with Crippen molar-refractivity contribution in [1.82, 2.24) is 14.8 Å². The van der Waals surface area contributed by atoms with Crippen LogP contribution in [0.5, 0.6) is 0 Å². The summed E-state index contributed by atoms with van der Waals surface area (Å²) in [4.78, 5) is 20.5. The maximum Gasteiger partial charge on any atom is 0.322 e. The van der Waals surface area contributed by atoms with Crippen LogP contribution in [0.3, 0.4) is 0 Å². The number of pyridine rings is 1. The van der Waals surface area contributed by atoms with Gasteiger partial charge in [-0.3, -0.25) is 4.98 Å². The van der Waals surface area contributed by atoms with E-state index in [1.807, 2.05) is 31.1 Å². The molecular weight excluding hydrogens is 347 g/mol. The fraction of sp³-hybridized carbons (Fsp3) is 0.294. The first kappa shape index (κ1) is 18.5. The zero-order valence-corrected chi connectivity index (χ0v) is 15.2. The van der Waals surface area contributed by atoms with Crippen molar-refractivity contribution in [2.75, 3.05) is 32.5 Å². The van der Waals surface area contributed by atoms with E-state index >= 15 is 0 Å². The minimum absolute atomic E-state index is 0.232. The number of nitrogens with one attached hydrogen (secondary N) is 1. The number of amides is 2. The van der Waals surface area contributed by atoms with E-state index in [9.17, 15) is 4.79 Å². The van der Waals surface area contributed by atoms with E-state index in [4.69, 9.17) is 23.2 Å². The Morgan fingerprint density at radius 3 is 2.67 bits per heavy atom. The SMILES string of the molecule is CN(C)CCN(Cc1cccnc1)C(=O)Nc1cc(Cl)ccc1Cl. The van der Waals surface area contributed by atoms with Gasteiger partial charge in [0.25, 0.3) is 0 Å². The smallest absolute Gasteiger partial charge is 0.319 e. The van der Waals surface area contributed by atoms with Gasteiger partial charge < -0.3 is 15.1 Å². The fourth-order valence-electron chi connectivity index (χ4n) is 2.07. The Labute approximate surface area is 152 Å². The number of carbonyl (C=O) groups excluding carboxylic acids is 1. The Kier molecular flexibility index (Phi) is 6.85. The second-order valence-corrected chi connectivity index (χ2v) is 6.48. The van der Waals surface area contributed by atoms with Gasteiger partial charge in [0.15, 0.2) is 0 Å². The number of nitrogens with zero attached hydrogens (tertiary/aromatic N) is 3. The predicted molar refractivity (Wildman–Crippen MR) is 98.7 cm³/mol. The summed E-state index contributed by atoms with van der Waals surface area (Å²) in [6.07, 6.45) is 3.46. The number of hydrogen-bond donors (Lipinski definition) is 1. The number of benzene rings is 1. The van der Waals surface area contributed by atoms with Gasteiger partial charge in [-0.05, 0) is 43.9 Å². The van der Waals surface area contributed by atoms with Crippen LogP contribution in [-0.4, -0.2) is 48.0 Å². The van der Waals surface area contributed by atoms with Crippen LogP contribution in [0.2, 0.25) is 10.0 Å². The van der Waals surface area contributed by atoms with Crippen LogP contribution >= 0.6 is 23.2 Å². The Morgan fingerprint density at radius 2 is 2.00 bits per heavy atom. The average Bonchev–Trinajstić information content (AvgIpc) is 2.55. The monoisotopic (exact) mass is 366 g/mol. The molecule has 0 atom stereocenters. The van der Waals surface area contributed by atoms with Crippen molar-refractivity contribution in [2.24, 2.45) is 0 Å². The van der Waals surface area contributed by atoms with Crippen molar-refractivity contribution in [3.05, 3.63) is 58.3 Å². The molecular formula is C17H20Cl2N4O. The molecule has 0 fully saturated rings. The van der Waals surface area contributed by atoms with E-state index in [1.54, 1.807) is 35.5 Å². The molecule has 1 N–H and O–H groups in total. The maximum atomic E-state index is 12.7. The summed E-state index contributed by atoms with van der Waals surface area (Å²) >= 11 is 12.1. The van der Waals surface area contributed by atoms with Gasteiger partial charge in [0.1, 0.15) is 0 Å². The largest absolute Gasteiger partial charge is 0.322 e. The second-order valence-electron chi connectivity index (χ2n) is 5.64. The number of urea groups is 1. The zero-order valence-electron chi connectivity index (χ0n) is 13.7. The van der Waals surface area contributed by atoms with Gasteiger partial charge in [0, 0.05) is 37.1 Å². The van der Waals surface area contributed by atoms with Crippen molar-refractivity contribution in [2.45, 2.75) is 6.54 Å². The molecule has 5 nitrogen and oxygen atoms in total. The minimum atomic E-state index is -0.232. The number of carbonyl (C=O) groups is 1. The molecule has 0 unspecified atom stereocenters. The summed E-state index contributed by atoms with van der Waals surface area (Å²) < 4.78 is 0. The molecule has 1 heterocycles. The normalized spacial score (nSPS) is 10.7. The van der Waals surface area contributed by atoms with Crippen LogP contribution in [-0.2, 0) is 6.54 Å². The van der Waals surface area contributed by atoms with Crippen molar-refractivity contribution < 1.29 is 4.79 Å². The Morgan fingerprint density at radius 1 is 1.21 bits per heavy atom. The molecule has 1 aromatic carbocycles. The predicted octanol–water partition coefficient (Wildman–Crippen LogP) is 3.98. The quantitative estimate of drug-likeness (QED) is 0.840. The molecule has 1 aromatic heterocycles. The number of hydrogen-bond acceptors (Lipinski definition) is 3. The number of aromatic nitrogens is 1. The highest BCUT2D eigenvalue weighted by molar-refractivity contribution is 6.35. The fourth-order valence-corrected chi connectivity index (χ4v) is 2.41. The first-order valence-electron chi connectivity index (χ1n) is 7.50. The Bertz CT molecular complexity index is 680. The highest BCUT2D eigenvalue weighted by atomic mass is 35.5. The van der Waals surface area contributed by atoms with Crippen molar-refractivity contribution in [1.29, 1.82) is 0 Å². The first-order valence-corrected chi connectivity index (χ1v) is 8.26. The first-order chi connectivity index (χ1) is 11.5. The van der Waals surface area contributed by atoms with E-state index in [-0.39, 0.29) is 6.03 Å². The van der Waals surface area contributed by atoms with E-state index < -0.39 is 0 Å². The van der Waals surface area contributed by atoms with Crippen molar-refractivity contribution >= 4 is 34.9 Å². The maximum absolute atomic E-state index is 12.7. The van der Waals surface area contributed by atoms with Gasteiger partial charge >= 0.3 is 6.03 Å². The summed E-state index contributed by atoms with van der Waals surface area (Å²) in [5, 5.41) is 3.79. The van der Waals surface area contributed by atoms with Crippen LogP contribution in [0.1, 0.15) is 5.56 Å².